The maximum Gasteiger partial charge on any atom is 0.337 e. The third-order valence-corrected chi connectivity index (χ3v) is 4.22. The van der Waals surface area contributed by atoms with Crippen LogP contribution in [0.25, 0.3) is 0 Å². The fourth-order valence-electron chi connectivity index (χ4n) is 3.32. The topological polar surface area (TPSA) is 38.3 Å². The number of carbonyl (C=O) groups is 1. The zero-order chi connectivity index (χ0) is 12.5. The molecule has 0 radical (unpaired) electrons. The molecule has 0 bridgehead atoms. The number of nitrogens with one attached hydrogen (secondary N) is 1. The van der Waals surface area contributed by atoms with E-state index in [1.807, 2.05) is 6.08 Å². The molecule has 0 saturated carbocycles. The minimum absolute atomic E-state index is 0.223. The number of methoxy groups -OCH3 is 1. The van der Waals surface area contributed by atoms with Crippen molar-refractivity contribution in [2.24, 2.45) is 5.92 Å². The monoisotopic (exact) mass is 245 g/mol. The van der Waals surface area contributed by atoms with Gasteiger partial charge in [-0.15, -0.1) is 0 Å². The Morgan fingerprint density at radius 2 is 2.28 bits per heavy atom. The molecule has 1 aliphatic heterocycles. The summed E-state index contributed by atoms with van der Waals surface area (Å²) in [6, 6.07) is 0.572. The third-order valence-electron chi connectivity index (χ3n) is 4.22. The molecule has 1 heterocycles. The minimum Gasteiger partial charge on any atom is -0.465 e. The Kier molecular flexibility index (Phi) is 3.08. The van der Waals surface area contributed by atoms with Crippen molar-refractivity contribution in [1.29, 1.82) is 0 Å². The summed E-state index contributed by atoms with van der Waals surface area (Å²) in [5.74, 6) is 0.189. The molecule has 1 fully saturated rings. The van der Waals surface area contributed by atoms with E-state index in [-0.39, 0.29) is 5.97 Å². The average Bonchev–Trinajstić information content (AvgIpc) is 2.45. The number of hydrogen-bond donors (Lipinski definition) is 1. The molecule has 2 unspecified atom stereocenters. The Morgan fingerprint density at radius 3 is 3.11 bits per heavy atom. The fourth-order valence-corrected chi connectivity index (χ4v) is 3.32. The first-order valence-corrected chi connectivity index (χ1v) is 6.74. The van der Waals surface area contributed by atoms with Gasteiger partial charge in [0.15, 0.2) is 0 Å². The van der Waals surface area contributed by atoms with E-state index in [0.29, 0.717) is 17.5 Å². The number of rotatable bonds is 1. The summed E-state index contributed by atoms with van der Waals surface area (Å²) < 4.78 is 4.79. The number of hydrogen-bond acceptors (Lipinski definition) is 3. The van der Waals surface area contributed by atoms with E-state index in [1.165, 1.54) is 31.9 Å². The molecule has 18 heavy (non-hydrogen) atoms. The maximum atomic E-state index is 11.6. The second-order valence-electron chi connectivity index (χ2n) is 5.22. The summed E-state index contributed by atoms with van der Waals surface area (Å²) in [7, 11) is 1.44. The molecule has 1 N–H and O–H groups in total. The zero-order valence-electron chi connectivity index (χ0n) is 10.7. The second kappa shape index (κ2) is 4.73. The Labute approximate surface area is 108 Å². The van der Waals surface area contributed by atoms with Gasteiger partial charge < -0.3 is 10.1 Å². The van der Waals surface area contributed by atoms with E-state index in [2.05, 4.69) is 17.5 Å². The Morgan fingerprint density at radius 1 is 1.39 bits per heavy atom. The van der Waals surface area contributed by atoms with E-state index < -0.39 is 0 Å². The van der Waals surface area contributed by atoms with Gasteiger partial charge in [0.2, 0.25) is 0 Å². The van der Waals surface area contributed by atoms with Gasteiger partial charge in [-0.05, 0) is 49.5 Å². The zero-order valence-corrected chi connectivity index (χ0v) is 10.7. The van der Waals surface area contributed by atoms with Crippen molar-refractivity contribution >= 4 is 5.97 Å². The molecule has 96 valence electrons. The lowest BCUT2D eigenvalue weighted by atomic mass is 9.74. The van der Waals surface area contributed by atoms with Crippen LogP contribution in [0.5, 0.6) is 0 Å². The van der Waals surface area contributed by atoms with Crippen molar-refractivity contribution in [3.63, 3.8) is 0 Å². The third kappa shape index (κ3) is 1.93. The summed E-state index contributed by atoms with van der Waals surface area (Å²) in [4.78, 5) is 11.6. The lowest BCUT2D eigenvalue weighted by Gasteiger charge is -2.37. The number of esters is 1. The fraction of sp³-hybridized carbons (Fsp3) is 0.533. The van der Waals surface area contributed by atoms with Crippen molar-refractivity contribution in [3.05, 3.63) is 34.9 Å². The van der Waals surface area contributed by atoms with Crippen LogP contribution in [0, 0.1) is 5.92 Å². The van der Waals surface area contributed by atoms with Crippen LogP contribution in [0.3, 0.4) is 0 Å². The van der Waals surface area contributed by atoms with E-state index in [9.17, 15) is 4.79 Å². The first-order chi connectivity index (χ1) is 8.79. The molecule has 0 amide bonds. The van der Waals surface area contributed by atoms with Gasteiger partial charge in [0, 0.05) is 12.0 Å². The van der Waals surface area contributed by atoms with Crippen LogP contribution < -0.4 is 5.32 Å². The molecule has 3 aliphatic rings. The van der Waals surface area contributed by atoms with Crippen LogP contribution in [0.1, 0.15) is 25.7 Å². The molecule has 2 atom stereocenters. The van der Waals surface area contributed by atoms with Crippen molar-refractivity contribution in [3.8, 4) is 0 Å². The van der Waals surface area contributed by atoms with Gasteiger partial charge in [-0.1, -0.05) is 12.2 Å². The Hall–Kier alpha value is -1.35. The SMILES string of the molecule is COC(=O)C1=CC2CCC3NCCCC3=C2C=C1. The molecule has 0 spiro atoms. The summed E-state index contributed by atoms with van der Waals surface area (Å²) in [5.41, 5.74) is 3.70. The summed E-state index contributed by atoms with van der Waals surface area (Å²) in [6.45, 7) is 1.14. The predicted octanol–water partition coefficient (Wildman–Crippen LogP) is 2.11. The molecule has 0 aromatic rings. The van der Waals surface area contributed by atoms with Gasteiger partial charge in [0.25, 0.3) is 0 Å². The van der Waals surface area contributed by atoms with Gasteiger partial charge in [0.05, 0.1) is 12.7 Å². The number of piperidine rings is 1. The Balaban J connectivity index is 1.91. The van der Waals surface area contributed by atoms with Gasteiger partial charge in [-0.25, -0.2) is 4.79 Å². The highest BCUT2D eigenvalue weighted by atomic mass is 16.5. The minimum atomic E-state index is -0.223. The van der Waals surface area contributed by atoms with Crippen LogP contribution in [0.2, 0.25) is 0 Å². The van der Waals surface area contributed by atoms with Crippen molar-refractivity contribution in [2.75, 3.05) is 13.7 Å². The van der Waals surface area contributed by atoms with Gasteiger partial charge in [-0.3, -0.25) is 0 Å². The molecule has 1 saturated heterocycles. The lowest BCUT2D eigenvalue weighted by molar-refractivity contribution is -0.135. The van der Waals surface area contributed by atoms with Gasteiger partial charge >= 0.3 is 5.97 Å². The molecule has 3 rings (SSSR count). The first kappa shape index (κ1) is 11.7. The van der Waals surface area contributed by atoms with Crippen molar-refractivity contribution < 1.29 is 9.53 Å². The standard InChI is InChI=1S/C15H19NO2/c1-18-15(17)11-4-6-12-10(9-11)5-7-14-13(12)3-2-8-16-14/h4,6,9-10,14,16H,2-3,5,7-8H2,1H3. The number of ether oxygens (including phenoxy) is 1. The van der Waals surface area contributed by atoms with E-state index in [4.69, 9.17) is 4.74 Å². The van der Waals surface area contributed by atoms with E-state index in [0.717, 1.165) is 13.0 Å². The summed E-state index contributed by atoms with van der Waals surface area (Å²) in [5, 5.41) is 3.60. The molecule has 3 nitrogen and oxygen atoms in total. The van der Waals surface area contributed by atoms with Crippen LogP contribution in [0.4, 0.5) is 0 Å². The molecular formula is C15H19NO2. The van der Waals surface area contributed by atoms with Crippen LogP contribution in [0.15, 0.2) is 34.9 Å². The lowest BCUT2D eigenvalue weighted by Crippen LogP contribution is -2.40. The molecule has 0 aromatic carbocycles. The predicted molar refractivity (Wildman–Crippen MR) is 70.0 cm³/mol. The molecule has 0 aromatic heterocycles. The highest BCUT2D eigenvalue weighted by molar-refractivity contribution is 5.92. The average molecular weight is 245 g/mol. The number of fused-ring (bicyclic) bond motifs is 2. The number of allylic oxidation sites excluding steroid dienone is 3. The van der Waals surface area contributed by atoms with Gasteiger partial charge in [-0.2, -0.15) is 0 Å². The summed E-state index contributed by atoms with van der Waals surface area (Å²) in [6.07, 6.45) is 10.9. The number of carbonyl (C=O) groups excluding carboxylic acids is 1. The molecule has 2 aliphatic carbocycles. The molecular weight excluding hydrogens is 226 g/mol. The normalized spacial score (nSPS) is 30.4. The smallest absolute Gasteiger partial charge is 0.337 e. The first-order valence-electron chi connectivity index (χ1n) is 6.74. The maximum absolute atomic E-state index is 11.6. The van der Waals surface area contributed by atoms with E-state index >= 15 is 0 Å². The largest absolute Gasteiger partial charge is 0.465 e. The van der Waals surface area contributed by atoms with Gasteiger partial charge in [0.1, 0.15) is 0 Å². The highest BCUT2D eigenvalue weighted by Crippen LogP contribution is 2.38. The van der Waals surface area contributed by atoms with Crippen molar-refractivity contribution in [2.45, 2.75) is 31.7 Å². The quantitative estimate of drug-likeness (QED) is 0.719. The van der Waals surface area contributed by atoms with Crippen molar-refractivity contribution in [1.82, 2.24) is 5.32 Å². The van der Waals surface area contributed by atoms with Crippen LogP contribution >= 0.6 is 0 Å². The summed E-state index contributed by atoms with van der Waals surface area (Å²) >= 11 is 0. The molecule has 3 heteroatoms. The Bertz CT molecular complexity index is 459. The van der Waals surface area contributed by atoms with Crippen LogP contribution in [-0.4, -0.2) is 25.7 Å². The highest BCUT2D eigenvalue weighted by Gasteiger charge is 2.31. The van der Waals surface area contributed by atoms with Crippen LogP contribution in [-0.2, 0) is 9.53 Å². The second-order valence-corrected chi connectivity index (χ2v) is 5.22. The van der Waals surface area contributed by atoms with E-state index in [1.54, 1.807) is 5.57 Å².